The van der Waals surface area contributed by atoms with Crippen LogP contribution in [0.25, 0.3) is 33.0 Å². The van der Waals surface area contributed by atoms with Gasteiger partial charge >= 0.3 is 37.9 Å². The van der Waals surface area contributed by atoms with Crippen molar-refractivity contribution in [2.75, 3.05) is 0 Å². The van der Waals surface area contributed by atoms with Crippen molar-refractivity contribution >= 4 is 47.7 Å². The van der Waals surface area contributed by atoms with Gasteiger partial charge in [0.15, 0.2) is 0 Å². The molecule has 190 valence electrons. The van der Waals surface area contributed by atoms with E-state index in [1.165, 1.54) is 66.5 Å². The first-order valence-corrected chi connectivity index (χ1v) is 20.6. The molecule has 38 heavy (non-hydrogen) atoms. The van der Waals surface area contributed by atoms with E-state index < -0.39 is 20.8 Å². The van der Waals surface area contributed by atoms with Crippen LogP contribution in [-0.2, 0) is 40.1 Å². The Hall–Kier alpha value is -1.83. The number of hydrogen-bond acceptors (Lipinski definition) is 0. The molecule has 1 aliphatic heterocycles. The molecule has 0 fully saturated rings. The predicted octanol–water partition coefficient (Wildman–Crippen LogP) is 8.80. The van der Waals surface area contributed by atoms with Gasteiger partial charge in [0.1, 0.15) is 0 Å². The van der Waals surface area contributed by atoms with Crippen LogP contribution in [0.15, 0.2) is 91.0 Å². The van der Waals surface area contributed by atoms with E-state index in [1.54, 1.807) is 0 Å². The van der Waals surface area contributed by atoms with Crippen LogP contribution in [-0.4, -0.2) is 9.52 Å². The summed E-state index contributed by atoms with van der Waals surface area (Å²) < 4.78 is 0. The van der Waals surface area contributed by atoms with Gasteiger partial charge in [-0.15, -0.1) is 40.1 Å². The fraction of sp³-hybridized carbons (Fsp3) is 0.206. The fourth-order valence-electron chi connectivity index (χ4n) is 5.19. The largest absolute Gasteiger partial charge is 0.184 e. The van der Waals surface area contributed by atoms with E-state index in [4.69, 9.17) is 17.0 Å². The van der Waals surface area contributed by atoms with E-state index in [1.807, 2.05) is 6.07 Å². The molecule has 0 aromatic heterocycles. The van der Waals surface area contributed by atoms with Gasteiger partial charge in [-0.05, 0) is 30.4 Å². The fourth-order valence-corrected chi connectivity index (χ4v) is 6.50. The molecule has 4 heteroatoms. The first-order chi connectivity index (χ1) is 18.6. The van der Waals surface area contributed by atoms with Gasteiger partial charge in [-0.25, -0.2) is 0 Å². The van der Waals surface area contributed by atoms with Gasteiger partial charge in [-0.3, -0.25) is 0 Å². The number of benzene rings is 4. The SMILES string of the molecule is CCCc1ccc2[cH-]c(CC)cc2c1-c1ccccc1CC.[Cl][Zr+2][Cl].[c-]1cccc2c1[Si]c1ccccc1-2. The van der Waals surface area contributed by atoms with Gasteiger partial charge in [0.2, 0.25) is 0 Å². The maximum Gasteiger partial charge on any atom is 0.0920 e. The predicted molar refractivity (Wildman–Crippen MR) is 165 cm³/mol. The number of fused-ring (bicyclic) bond motifs is 4. The summed E-state index contributed by atoms with van der Waals surface area (Å²) in [7, 11) is 10.7. The number of rotatable bonds is 5. The zero-order chi connectivity index (χ0) is 26.9. The summed E-state index contributed by atoms with van der Waals surface area (Å²) in [5.41, 5.74) is 10.0. The van der Waals surface area contributed by atoms with Crippen molar-refractivity contribution in [3.8, 4) is 22.3 Å². The van der Waals surface area contributed by atoms with Crippen LogP contribution in [0.1, 0.15) is 43.9 Å². The minimum Gasteiger partial charge on any atom is -0.184 e. The average molecular weight is 631 g/mol. The van der Waals surface area contributed by atoms with Gasteiger partial charge < -0.3 is 0 Å². The quantitative estimate of drug-likeness (QED) is 0.132. The molecular formula is C34H32Cl2SiZr. The molecule has 0 atom stereocenters. The Kier molecular flexibility index (Phi) is 11.1. The third-order valence-corrected chi connectivity index (χ3v) is 8.33. The molecule has 0 aliphatic carbocycles. The summed E-state index contributed by atoms with van der Waals surface area (Å²) in [4.78, 5) is 0. The third kappa shape index (κ3) is 6.65. The zero-order valence-electron chi connectivity index (χ0n) is 22.2. The molecule has 1 aliphatic rings. The number of aryl methyl sites for hydroxylation is 3. The van der Waals surface area contributed by atoms with Crippen LogP contribution in [0.5, 0.6) is 0 Å². The van der Waals surface area contributed by atoms with Crippen molar-refractivity contribution in [3.05, 3.63) is 114 Å². The first-order valence-electron chi connectivity index (χ1n) is 13.3. The Morgan fingerprint density at radius 1 is 0.789 bits per heavy atom. The minimum absolute atomic E-state index is 0.795. The van der Waals surface area contributed by atoms with Crippen LogP contribution in [0.4, 0.5) is 0 Å². The van der Waals surface area contributed by atoms with Crippen molar-refractivity contribution in [3.63, 3.8) is 0 Å². The van der Waals surface area contributed by atoms with Gasteiger partial charge in [-0.2, -0.15) is 35.5 Å². The van der Waals surface area contributed by atoms with Crippen molar-refractivity contribution in [1.82, 2.24) is 0 Å². The Morgan fingerprint density at radius 3 is 2.24 bits per heavy atom. The smallest absolute Gasteiger partial charge is 0.0920 e. The van der Waals surface area contributed by atoms with Gasteiger partial charge in [-0.1, -0.05) is 97.6 Å². The first kappa shape index (κ1) is 29.2. The Balaban J connectivity index is 0.000000177. The van der Waals surface area contributed by atoms with Crippen LogP contribution in [0.2, 0.25) is 0 Å². The second kappa shape index (κ2) is 14.5. The second-order valence-corrected chi connectivity index (χ2v) is 14.3. The van der Waals surface area contributed by atoms with Gasteiger partial charge in [0.25, 0.3) is 0 Å². The molecule has 0 saturated carbocycles. The topological polar surface area (TPSA) is 0 Å². The molecule has 0 amide bonds. The van der Waals surface area contributed by atoms with E-state index in [0.29, 0.717) is 0 Å². The monoisotopic (exact) mass is 628 g/mol. The molecule has 0 N–H and O–H groups in total. The molecule has 0 unspecified atom stereocenters. The summed E-state index contributed by atoms with van der Waals surface area (Å²) in [5, 5.41) is 5.64. The summed E-state index contributed by atoms with van der Waals surface area (Å²) >= 11 is -0.826. The van der Waals surface area contributed by atoms with Crippen LogP contribution < -0.4 is 10.4 Å². The third-order valence-electron chi connectivity index (χ3n) is 6.96. The van der Waals surface area contributed by atoms with E-state index in [0.717, 1.165) is 28.8 Å². The van der Waals surface area contributed by atoms with Crippen molar-refractivity contribution < 1.29 is 20.8 Å². The summed E-state index contributed by atoms with van der Waals surface area (Å²) in [6.07, 6.45) is 4.52. The standard InChI is InChI=1S/C22H25.C12H7Si.2ClH.Zr/c1-4-9-18-12-13-19-14-16(5-2)15-21(19)22(18)20-11-8-7-10-17(20)6-3;1-3-7-11-9(5-1)10-6-2-4-8-12(10)13-11;;;/h7-8,10-15H,4-6,9H2,1-3H3;1-7H;2*1H;/q2*-1;;;+4/p-2. The molecule has 0 saturated heterocycles. The van der Waals surface area contributed by atoms with Crippen molar-refractivity contribution in [1.29, 1.82) is 0 Å². The van der Waals surface area contributed by atoms with Crippen LogP contribution >= 0.6 is 17.0 Å². The van der Waals surface area contributed by atoms with Gasteiger partial charge in [0.05, 0.1) is 9.52 Å². The molecular weight excluding hydrogens is 599 g/mol. The maximum absolute atomic E-state index is 4.93. The molecule has 2 radical (unpaired) electrons. The summed E-state index contributed by atoms with van der Waals surface area (Å²) in [6, 6.07) is 36.5. The Morgan fingerprint density at radius 2 is 1.50 bits per heavy atom. The Bertz CT molecular complexity index is 1440. The molecule has 5 aromatic carbocycles. The van der Waals surface area contributed by atoms with E-state index in [9.17, 15) is 0 Å². The van der Waals surface area contributed by atoms with E-state index >= 15 is 0 Å². The minimum atomic E-state index is -0.826. The molecule has 1 heterocycles. The number of hydrogen-bond donors (Lipinski definition) is 0. The maximum atomic E-state index is 4.93. The Labute approximate surface area is 249 Å². The molecule has 0 bridgehead atoms. The number of halogens is 2. The molecule has 6 rings (SSSR count). The summed E-state index contributed by atoms with van der Waals surface area (Å²) in [6.45, 7) is 6.75. The van der Waals surface area contributed by atoms with E-state index in [-0.39, 0.29) is 0 Å². The second-order valence-electron chi connectivity index (χ2n) is 9.28. The zero-order valence-corrected chi connectivity index (χ0v) is 27.2. The molecule has 0 spiro atoms. The van der Waals surface area contributed by atoms with Crippen LogP contribution in [0.3, 0.4) is 0 Å². The average Bonchev–Trinajstić information content (AvgIpc) is 3.55. The van der Waals surface area contributed by atoms with Crippen LogP contribution in [0, 0.1) is 6.07 Å². The molecule has 5 aromatic rings. The van der Waals surface area contributed by atoms with Gasteiger partial charge in [0, 0.05) is 0 Å². The summed E-state index contributed by atoms with van der Waals surface area (Å²) in [5.74, 6) is 0. The van der Waals surface area contributed by atoms with Crippen molar-refractivity contribution in [2.45, 2.75) is 46.5 Å². The van der Waals surface area contributed by atoms with Crippen molar-refractivity contribution in [2.24, 2.45) is 0 Å². The van der Waals surface area contributed by atoms with E-state index in [2.05, 4.69) is 112 Å². The molecule has 0 nitrogen and oxygen atoms in total. The normalized spacial score (nSPS) is 11.0.